The van der Waals surface area contributed by atoms with Crippen molar-refractivity contribution >= 4 is 57.8 Å². The van der Waals surface area contributed by atoms with E-state index in [-0.39, 0.29) is 19.1 Å². The Bertz CT molecular complexity index is 1590. The molecule has 0 atom stereocenters. The zero-order valence-electron chi connectivity index (χ0n) is 22.1. The summed E-state index contributed by atoms with van der Waals surface area (Å²) in [5, 5.41) is 5.55. The molecule has 39 heavy (non-hydrogen) atoms. The summed E-state index contributed by atoms with van der Waals surface area (Å²) in [6.07, 6.45) is 5.55. The summed E-state index contributed by atoms with van der Waals surface area (Å²) in [7, 11) is 0. The maximum atomic E-state index is 13.9. The lowest BCUT2D eigenvalue weighted by Gasteiger charge is -2.23. The molecule has 0 aliphatic carbocycles. The standard InChI is InChI=1S/C30H28ClN3O3S2/c1-18-7-12-24-23(14-18)27(20-8-10-21(31)11-9-20)25(37-24)17-34(16-22-6-5-13-36-22)30(35)33-28-26(38-3)15-19(2)32-29(28)39-4/h5-15H,16-17H2,1-4H3,(H,33,35). The number of hydrogen-bond donors (Lipinski definition) is 1. The molecule has 0 bridgehead atoms. The number of nitrogens with one attached hydrogen (secondary N) is 1. The Morgan fingerprint density at radius 1 is 1.03 bits per heavy atom. The Balaban J connectivity index is 1.57. The second-order valence-corrected chi connectivity index (χ2v) is 11.2. The molecule has 9 heteroatoms. The summed E-state index contributed by atoms with van der Waals surface area (Å²) in [6, 6.07) is 19.2. The first kappa shape index (κ1) is 27.2. The predicted octanol–water partition coefficient (Wildman–Crippen LogP) is 9.04. The monoisotopic (exact) mass is 577 g/mol. The van der Waals surface area contributed by atoms with Crippen molar-refractivity contribution < 1.29 is 13.6 Å². The van der Waals surface area contributed by atoms with Gasteiger partial charge in [-0.05, 0) is 74.4 Å². The maximum absolute atomic E-state index is 13.9. The van der Waals surface area contributed by atoms with Gasteiger partial charge in [0.25, 0.3) is 0 Å². The normalized spacial score (nSPS) is 11.2. The number of carbonyl (C=O) groups is 1. The predicted molar refractivity (Wildman–Crippen MR) is 161 cm³/mol. The minimum atomic E-state index is -0.277. The first-order valence-electron chi connectivity index (χ1n) is 12.3. The minimum absolute atomic E-state index is 0.223. The zero-order chi connectivity index (χ0) is 27.5. The SMILES string of the molecule is CSc1cc(C)nc(SC)c1NC(=O)N(Cc1ccco1)Cc1oc2ccc(C)cc2c1-c1ccc(Cl)cc1. The number of furan rings is 2. The van der Waals surface area contributed by atoms with Crippen LogP contribution in [-0.4, -0.2) is 28.4 Å². The molecule has 0 aliphatic rings. The van der Waals surface area contributed by atoms with Crippen LogP contribution in [0.15, 0.2) is 85.7 Å². The quantitative estimate of drug-likeness (QED) is 0.185. The molecule has 2 amide bonds. The summed E-state index contributed by atoms with van der Waals surface area (Å²) < 4.78 is 12.0. The minimum Gasteiger partial charge on any atom is -0.467 e. The van der Waals surface area contributed by atoms with Gasteiger partial charge in [-0.2, -0.15) is 0 Å². The Morgan fingerprint density at radius 3 is 2.51 bits per heavy atom. The third kappa shape index (κ3) is 5.98. The Morgan fingerprint density at radius 2 is 1.82 bits per heavy atom. The van der Waals surface area contributed by atoms with E-state index < -0.39 is 0 Å². The van der Waals surface area contributed by atoms with E-state index in [9.17, 15) is 4.79 Å². The molecule has 0 saturated heterocycles. The number of aromatic nitrogens is 1. The van der Waals surface area contributed by atoms with E-state index in [1.165, 1.54) is 11.8 Å². The molecule has 0 spiro atoms. The van der Waals surface area contributed by atoms with Gasteiger partial charge in [-0.1, -0.05) is 35.4 Å². The van der Waals surface area contributed by atoms with Crippen LogP contribution in [0.1, 0.15) is 22.8 Å². The molecule has 200 valence electrons. The largest absolute Gasteiger partial charge is 0.467 e. The van der Waals surface area contributed by atoms with Crippen molar-refractivity contribution in [3.8, 4) is 11.1 Å². The highest BCUT2D eigenvalue weighted by molar-refractivity contribution is 7.99. The van der Waals surface area contributed by atoms with E-state index in [1.807, 2.05) is 74.0 Å². The zero-order valence-corrected chi connectivity index (χ0v) is 24.5. The van der Waals surface area contributed by atoms with E-state index in [2.05, 4.69) is 23.3 Å². The molecule has 0 unspecified atom stereocenters. The highest BCUT2D eigenvalue weighted by atomic mass is 35.5. The molecule has 0 saturated carbocycles. The van der Waals surface area contributed by atoms with Crippen molar-refractivity contribution in [1.82, 2.24) is 9.88 Å². The number of urea groups is 1. The van der Waals surface area contributed by atoms with Gasteiger partial charge < -0.3 is 19.1 Å². The number of aryl methyl sites for hydroxylation is 2. The average molecular weight is 578 g/mol. The van der Waals surface area contributed by atoms with Crippen LogP contribution in [0, 0.1) is 13.8 Å². The van der Waals surface area contributed by atoms with Gasteiger partial charge in [0, 0.05) is 26.6 Å². The number of halogens is 1. The van der Waals surface area contributed by atoms with Gasteiger partial charge in [-0.15, -0.1) is 23.5 Å². The van der Waals surface area contributed by atoms with Crippen LogP contribution in [0.5, 0.6) is 0 Å². The third-order valence-corrected chi connectivity index (χ3v) is 8.02. The van der Waals surface area contributed by atoms with Crippen LogP contribution in [0.3, 0.4) is 0 Å². The van der Waals surface area contributed by atoms with Crippen molar-refractivity contribution in [2.75, 3.05) is 17.8 Å². The topological polar surface area (TPSA) is 71.5 Å². The molecule has 1 N–H and O–H groups in total. The molecule has 5 rings (SSSR count). The molecular formula is C30H28ClN3O3S2. The van der Waals surface area contributed by atoms with Crippen LogP contribution in [0.4, 0.5) is 10.5 Å². The van der Waals surface area contributed by atoms with Crippen LogP contribution in [0.2, 0.25) is 5.02 Å². The fourth-order valence-electron chi connectivity index (χ4n) is 4.50. The van der Waals surface area contributed by atoms with Crippen molar-refractivity contribution in [2.45, 2.75) is 36.9 Å². The van der Waals surface area contributed by atoms with Crippen molar-refractivity contribution in [2.24, 2.45) is 0 Å². The fourth-order valence-corrected chi connectivity index (χ4v) is 5.93. The first-order chi connectivity index (χ1) is 18.9. The second kappa shape index (κ2) is 11.8. The van der Waals surface area contributed by atoms with Crippen molar-refractivity contribution in [3.05, 3.63) is 94.7 Å². The molecule has 0 fully saturated rings. The molecule has 0 aliphatic heterocycles. The first-order valence-corrected chi connectivity index (χ1v) is 15.1. The highest BCUT2D eigenvalue weighted by Crippen LogP contribution is 2.38. The van der Waals surface area contributed by atoms with E-state index in [4.69, 9.17) is 20.4 Å². The van der Waals surface area contributed by atoms with Crippen LogP contribution in [0.25, 0.3) is 22.1 Å². The van der Waals surface area contributed by atoms with E-state index in [1.54, 1.807) is 22.9 Å². The summed E-state index contributed by atoms with van der Waals surface area (Å²) in [6.45, 7) is 4.49. The maximum Gasteiger partial charge on any atom is 0.322 e. The van der Waals surface area contributed by atoms with Crippen LogP contribution >= 0.6 is 35.1 Å². The fraction of sp³-hybridized carbons (Fsp3) is 0.200. The molecule has 5 aromatic rings. The Kier molecular flexibility index (Phi) is 8.26. The third-order valence-electron chi connectivity index (χ3n) is 6.32. The number of amides is 2. The molecule has 0 radical (unpaired) electrons. The number of benzene rings is 2. The van der Waals surface area contributed by atoms with Gasteiger partial charge in [-0.25, -0.2) is 9.78 Å². The average Bonchev–Trinajstić information content (AvgIpc) is 3.56. The summed E-state index contributed by atoms with van der Waals surface area (Å²) in [5.74, 6) is 1.35. The van der Waals surface area contributed by atoms with Crippen molar-refractivity contribution in [1.29, 1.82) is 0 Å². The lowest BCUT2D eigenvalue weighted by atomic mass is 10.0. The van der Waals surface area contributed by atoms with Gasteiger partial charge in [0.15, 0.2) is 0 Å². The second-order valence-electron chi connectivity index (χ2n) is 9.12. The molecule has 6 nitrogen and oxygen atoms in total. The smallest absolute Gasteiger partial charge is 0.322 e. The molecule has 3 heterocycles. The van der Waals surface area contributed by atoms with Crippen molar-refractivity contribution in [3.63, 3.8) is 0 Å². The Hall–Kier alpha value is -3.33. The number of fused-ring (bicyclic) bond motifs is 1. The van der Waals surface area contributed by atoms with E-state index >= 15 is 0 Å². The summed E-state index contributed by atoms with van der Waals surface area (Å²) in [4.78, 5) is 21.2. The van der Waals surface area contributed by atoms with Gasteiger partial charge in [-0.3, -0.25) is 0 Å². The number of carbonyl (C=O) groups excluding carboxylic acids is 1. The van der Waals surface area contributed by atoms with Gasteiger partial charge >= 0.3 is 6.03 Å². The lowest BCUT2D eigenvalue weighted by molar-refractivity contribution is 0.196. The highest BCUT2D eigenvalue weighted by Gasteiger charge is 2.24. The number of thioether (sulfide) groups is 2. The van der Waals surface area contributed by atoms with Crippen LogP contribution < -0.4 is 5.32 Å². The molecular weight excluding hydrogens is 550 g/mol. The number of hydrogen-bond acceptors (Lipinski definition) is 6. The molecule has 3 aromatic heterocycles. The van der Waals surface area contributed by atoms with Crippen LogP contribution in [-0.2, 0) is 13.1 Å². The van der Waals surface area contributed by atoms with E-state index in [0.717, 1.165) is 43.3 Å². The number of rotatable bonds is 8. The van der Waals surface area contributed by atoms with E-state index in [0.29, 0.717) is 22.2 Å². The summed E-state index contributed by atoms with van der Waals surface area (Å²) >= 11 is 9.27. The number of nitrogens with zero attached hydrogens (tertiary/aromatic N) is 2. The van der Waals surface area contributed by atoms with Gasteiger partial charge in [0.05, 0.1) is 25.0 Å². The summed E-state index contributed by atoms with van der Waals surface area (Å²) in [5.41, 5.74) is 5.39. The lowest BCUT2D eigenvalue weighted by Crippen LogP contribution is -2.34. The van der Waals surface area contributed by atoms with Gasteiger partial charge in [0.1, 0.15) is 22.1 Å². The number of anilines is 1. The Labute approximate surface area is 241 Å². The number of pyridine rings is 1. The molecule has 2 aromatic carbocycles. The van der Waals surface area contributed by atoms with Gasteiger partial charge in [0.2, 0.25) is 0 Å².